The predicted molar refractivity (Wildman–Crippen MR) is 105 cm³/mol. The lowest BCUT2D eigenvalue weighted by Gasteiger charge is -2.26. The summed E-state index contributed by atoms with van der Waals surface area (Å²) in [5.74, 6) is 0.881. The molecule has 2 N–H and O–H groups in total. The number of morpholine rings is 1. The highest BCUT2D eigenvalue weighted by Gasteiger charge is 2.09. The van der Waals surface area contributed by atoms with Crippen LogP contribution in [0.3, 0.4) is 0 Å². The molecule has 0 amide bonds. The summed E-state index contributed by atoms with van der Waals surface area (Å²) in [5, 5.41) is 9.50. The fraction of sp³-hybridized carbons (Fsp3) is 0.421. The highest BCUT2D eigenvalue weighted by atomic mass is 32.1. The number of fused-ring (bicyclic) bond motifs is 1. The van der Waals surface area contributed by atoms with Gasteiger partial charge in [-0.25, -0.2) is 0 Å². The van der Waals surface area contributed by atoms with Crippen molar-refractivity contribution in [1.82, 2.24) is 15.5 Å². The molecule has 0 radical (unpaired) electrons. The Hall–Kier alpha value is -1.89. The molecule has 0 spiro atoms. The van der Waals surface area contributed by atoms with E-state index in [9.17, 15) is 0 Å². The molecule has 1 fully saturated rings. The third-order valence-electron chi connectivity index (χ3n) is 4.19. The summed E-state index contributed by atoms with van der Waals surface area (Å²) in [6, 6.07) is 14.4. The van der Waals surface area contributed by atoms with Crippen molar-refractivity contribution >= 4 is 28.1 Å². The first-order valence-corrected chi connectivity index (χ1v) is 9.15. The zero-order valence-corrected chi connectivity index (χ0v) is 15.2. The van der Waals surface area contributed by atoms with Gasteiger partial charge >= 0.3 is 0 Å². The van der Waals surface area contributed by atoms with Crippen LogP contribution < -0.4 is 15.4 Å². The van der Waals surface area contributed by atoms with E-state index < -0.39 is 0 Å². The molecule has 134 valence electrons. The lowest BCUT2D eigenvalue weighted by atomic mass is 10.1. The number of hydrogen-bond acceptors (Lipinski definition) is 4. The molecule has 5 nitrogen and oxygen atoms in total. The molecule has 2 aromatic rings. The highest BCUT2D eigenvalue weighted by Crippen LogP contribution is 2.20. The van der Waals surface area contributed by atoms with Crippen molar-refractivity contribution in [3.05, 3.63) is 42.5 Å². The van der Waals surface area contributed by atoms with Crippen LogP contribution in [0.5, 0.6) is 5.75 Å². The van der Waals surface area contributed by atoms with Gasteiger partial charge in [-0.2, -0.15) is 0 Å². The Morgan fingerprint density at radius 3 is 2.64 bits per heavy atom. The van der Waals surface area contributed by atoms with E-state index in [4.69, 9.17) is 21.7 Å². The van der Waals surface area contributed by atoms with Gasteiger partial charge in [0.25, 0.3) is 0 Å². The van der Waals surface area contributed by atoms with Crippen LogP contribution in [0.4, 0.5) is 0 Å². The van der Waals surface area contributed by atoms with Crippen LogP contribution in [0.25, 0.3) is 10.8 Å². The topological polar surface area (TPSA) is 45.8 Å². The van der Waals surface area contributed by atoms with E-state index >= 15 is 0 Å². The largest absolute Gasteiger partial charge is 0.492 e. The number of rotatable bonds is 7. The molecule has 0 saturated carbocycles. The number of nitrogens with one attached hydrogen (secondary N) is 2. The fourth-order valence-corrected chi connectivity index (χ4v) is 3.01. The molecule has 2 aromatic carbocycles. The van der Waals surface area contributed by atoms with E-state index in [1.165, 1.54) is 10.8 Å². The van der Waals surface area contributed by atoms with Crippen molar-refractivity contribution in [1.29, 1.82) is 0 Å². The summed E-state index contributed by atoms with van der Waals surface area (Å²) in [6.07, 6.45) is 0. The monoisotopic (exact) mass is 359 g/mol. The summed E-state index contributed by atoms with van der Waals surface area (Å²) in [4.78, 5) is 2.38. The molecule has 1 aliphatic rings. The van der Waals surface area contributed by atoms with Gasteiger partial charge in [0.2, 0.25) is 0 Å². The minimum atomic E-state index is 0.573. The summed E-state index contributed by atoms with van der Waals surface area (Å²) in [5.41, 5.74) is 0. The Morgan fingerprint density at radius 2 is 1.80 bits per heavy atom. The zero-order valence-electron chi connectivity index (χ0n) is 14.4. The first-order valence-electron chi connectivity index (χ1n) is 8.75. The maximum absolute atomic E-state index is 5.79. The van der Waals surface area contributed by atoms with Gasteiger partial charge < -0.3 is 20.1 Å². The van der Waals surface area contributed by atoms with Gasteiger partial charge in [-0.3, -0.25) is 4.90 Å². The van der Waals surface area contributed by atoms with E-state index in [0.29, 0.717) is 18.3 Å². The van der Waals surface area contributed by atoms with Crippen LogP contribution in [0, 0.1) is 0 Å². The van der Waals surface area contributed by atoms with Crippen molar-refractivity contribution < 1.29 is 9.47 Å². The molecule has 0 aromatic heterocycles. The second-order valence-corrected chi connectivity index (χ2v) is 6.40. The van der Waals surface area contributed by atoms with Crippen LogP contribution in [0.2, 0.25) is 0 Å². The Morgan fingerprint density at radius 1 is 1.04 bits per heavy atom. The quantitative estimate of drug-likeness (QED) is 0.583. The lowest BCUT2D eigenvalue weighted by molar-refractivity contribution is 0.0389. The van der Waals surface area contributed by atoms with Gasteiger partial charge in [0, 0.05) is 26.2 Å². The molecule has 0 unspecified atom stereocenters. The average Bonchev–Trinajstić information content (AvgIpc) is 2.66. The highest BCUT2D eigenvalue weighted by molar-refractivity contribution is 7.80. The number of ether oxygens (including phenoxy) is 2. The van der Waals surface area contributed by atoms with Crippen molar-refractivity contribution in [2.45, 2.75) is 0 Å². The fourth-order valence-electron chi connectivity index (χ4n) is 2.81. The standard InChI is InChI=1S/C19H25N3O2S/c25-19(20-7-9-22-10-13-23-14-11-22)21-8-12-24-18-6-5-16-3-1-2-4-17(16)15-18/h1-6,15H,7-14H2,(H2,20,21,25). The van der Waals surface area contributed by atoms with Crippen LogP contribution in [0.15, 0.2) is 42.5 Å². The van der Waals surface area contributed by atoms with E-state index in [0.717, 1.165) is 45.1 Å². The molecule has 25 heavy (non-hydrogen) atoms. The molecular weight excluding hydrogens is 334 g/mol. The van der Waals surface area contributed by atoms with Gasteiger partial charge in [0.1, 0.15) is 12.4 Å². The first kappa shape index (κ1) is 17.9. The minimum Gasteiger partial charge on any atom is -0.492 e. The molecule has 3 rings (SSSR count). The molecule has 0 atom stereocenters. The van der Waals surface area contributed by atoms with Gasteiger partial charge in [-0.05, 0) is 35.1 Å². The van der Waals surface area contributed by atoms with E-state index in [1.54, 1.807) is 0 Å². The van der Waals surface area contributed by atoms with Gasteiger partial charge in [-0.1, -0.05) is 30.3 Å². The van der Waals surface area contributed by atoms with Crippen molar-refractivity contribution in [2.24, 2.45) is 0 Å². The number of benzene rings is 2. The second kappa shape index (κ2) is 9.56. The Kier molecular flexibility index (Phi) is 6.85. The lowest BCUT2D eigenvalue weighted by Crippen LogP contribution is -2.44. The smallest absolute Gasteiger partial charge is 0.166 e. The first-order chi connectivity index (χ1) is 12.3. The zero-order chi connectivity index (χ0) is 17.3. The van der Waals surface area contributed by atoms with Crippen molar-refractivity contribution in [3.8, 4) is 5.75 Å². The van der Waals surface area contributed by atoms with Crippen LogP contribution in [0.1, 0.15) is 0 Å². The number of nitrogens with zero attached hydrogens (tertiary/aromatic N) is 1. The Balaban J connectivity index is 1.30. The second-order valence-electron chi connectivity index (χ2n) is 5.99. The van der Waals surface area contributed by atoms with Gasteiger partial charge in [0.05, 0.1) is 19.8 Å². The van der Waals surface area contributed by atoms with Crippen molar-refractivity contribution in [2.75, 3.05) is 52.5 Å². The summed E-state index contributed by atoms with van der Waals surface area (Å²) in [7, 11) is 0. The molecule has 6 heteroatoms. The van der Waals surface area contributed by atoms with Crippen LogP contribution >= 0.6 is 12.2 Å². The van der Waals surface area contributed by atoms with E-state index in [1.807, 2.05) is 18.2 Å². The van der Waals surface area contributed by atoms with E-state index in [-0.39, 0.29) is 0 Å². The average molecular weight is 359 g/mol. The van der Waals surface area contributed by atoms with Crippen molar-refractivity contribution in [3.63, 3.8) is 0 Å². The molecule has 1 aliphatic heterocycles. The number of hydrogen-bond donors (Lipinski definition) is 2. The number of thiocarbonyl (C=S) groups is 1. The molecular formula is C19H25N3O2S. The maximum atomic E-state index is 5.79. The molecule has 1 heterocycles. The molecule has 1 saturated heterocycles. The SMILES string of the molecule is S=C(NCCOc1ccc2ccccc2c1)NCCN1CCOCC1. The minimum absolute atomic E-state index is 0.573. The van der Waals surface area contributed by atoms with Crippen LogP contribution in [-0.4, -0.2) is 62.6 Å². The Labute approximate surface area is 154 Å². The molecule has 0 aliphatic carbocycles. The van der Waals surface area contributed by atoms with Gasteiger partial charge in [-0.15, -0.1) is 0 Å². The predicted octanol–water partition coefficient (Wildman–Crippen LogP) is 2.01. The third-order valence-corrected chi connectivity index (χ3v) is 4.48. The summed E-state index contributed by atoms with van der Waals surface area (Å²) < 4.78 is 11.1. The summed E-state index contributed by atoms with van der Waals surface area (Å²) >= 11 is 5.29. The van der Waals surface area contributed by atoms with Gasteiger partial charge in [0.15, 0.2) is 5.11 Å². The van der Waals surface area contributed by atoms with E-state index in [2.05, 4.69) is 39.8 Å². The van der Waals surface area contributed by atoms with Crippen LogP contribution in [-0.2, 0) is 4.74 Å². The maximum Gasteiger partial charge on any atom is 0.166 e. The summed E-state index contributed by atoms with van der Waals surface area (Å²) in [6.45, 7) is 6.74. The third kappa shape index (κ3) is 5.85. The normalized spacial score (nSPS) is 15.0. The molecule has 0 bridgehead atoms. The Bertz CT molecular complexity index is 689.